The van der Waals surface area contributed by atoms with Crippen LogP contribution in [0.4, 0.5) is 19.4 Å². The third-order valence-corrected chi connectivity index (χ3v) is 10.7. The number of benzene rings is 2. The van der Waals surface area contributed by atoms with Gasteiger partial charge in [0.2, 0.25) is 0 Å². The number of pyridine rings is 1. The van der Waals surface area contributed by atoms with Gasteiger partial charge in [0.25, 0.3) is 0 Å². The van der Waals surface area contributed by atoms with Gasteiger partial charge in [0.05, 0.1) is 28.6 Å². The van der Waals surface area contributed by atoms with Gasteiger partial charge in [-0.25, -0.2) is 13.6 Å². The molecule has 4 fully saturated rings. The molecule has 4 saturated heterocycles. The molecule has 4 aliphatic rings. The predicted octanol–water partition coefficient (Wildman–Crippen LogP) is 5.43. The molecule has 2 bridgehead atoms. The molecule has 0 unspecified atom stereocenters. The highest BCUT2D eigenvalue weighted by Gasteiger charge is 2.46. The number of piperazine rings is 1. The van der Waals surface area contributed by atoms with E-state index in [2.05, 4.69) is 20.8 Å². The van der Waals surface area contributed by atoms with Crippen LogP contribution in [0.25, 0.3) is 32.9 Å². The molecule has 13 heteroatoms. The van der Waals surface area contributed by atoms with Gasteiger partial charge in [0.1, 0.15) is 35.2 Å². The normalized spacial score (nSPS) is 21.3. The Labute approximate surface area is 281 Å². The molecule has 0 radical (unpaired) electrons. The van der Waals surface area contributed by atoms with Crippen LogP contribution < -0.4 is 14.4 Å². The molecular weight excluding hydrogens is 634 g/mol. The first kappa shape index (κ1) is 31.5. The summed E-state index contributed by atoms with van der Waals surface area (Å²) >= 11 is 0. The molecule has 4 aromatic rings. The Balaban J connectivity index is 1.28. The third kappa shape index (κ3) is 5.25. The molecule has 2 atom stereocenters. The van der Waals surface area contributed by atoms with Crippen LogP contribution in [0, 0.1) is 24.0 Å². The van der Waals surface area contributed by atoms with E-state index >= 15 is 8.78 Å². The highest BCUT2D eigenvalue weighted by molar-refractivity contribution is 6.03. The van der Waals surface area contributed by atoms with E-state index < -0.39 is 17.7 Å². The van der Waals surface area contributed by atoms with Crippen LogP contribution in [0.15, 0.2) is 30.5 Å². The van der Waals surface area contributed by atoms with Crippen LogP contribution in [0.2, 0.25) is 0 Å². The highest BCUT2D eigenvalue weighted by Crippen LogP contribution is 2.42. The topological polar surface area (TPSA) is 113 Å². The van der Waals surface area contributed by atoms with Crippen molar-refractivity contribution in [1.82, 2.24) is 24.8 Å². The van der Waals surface area contributed by atoms with Crippen LogP contribution in [0.3, 0.4) is 0 Å². The minimum absolute atomic E-state index is 0.0137. The molecule has 1 N–H and O–H groups in total. The molecule has 2 aromatic carbocycles. The molecule has 2 aromatic heterocycles. The summed E-state index contributed by atoms with van der Waals surface area (Å²) < 4.78 is 49.3. The van der Waals surface area contributed by atoms with Gasteiger partial charge in [-0.05, 0) is 75.2 Å². The quantitative estimate of drug-likeness (QED) is 0.193. The second kappa shape index (κ2) is 12.3. The molecular formula is C36H36F2N6O5. The van der Waals surface area contributed by atoms with Crippen molar-refractivity contribution in [3.8, 4) is 35.4 Å². The van der Waals surface area contributed by atoms with E-state index in [-0.39, 0.29) is 52.8 Å². The average molecular weight is 671 g/mol. The maximum atomic E-state index is 17.1. The number of rotatable bonds is 8. The molecule has 11 nitrogen and oxygen atoms in total. The minimum atomic E-state index is -0.940. The zero-order valence-corrected chi connectivity index (χ0v) is 27.1. The number of terminal acetylenes is 1. The molecule has 49 heavy (non-hydrogen) atoms. The van der Waals surface area contributed by atoms with Crippen molar-refractivity contribution in [2.75, 3.05) is 51.6 Å². The van der Waals surface area contributed by atoms with Gasteiger partial charge >= 0.3 is 12.1 Å². The summed E-state index contributed by atoms with van der Waals surface area (Å²) in [6.45, 7) is 3.15. The fourth-order valence-electron chi connectivity index (χ4n) is 8.51. The lowest BCUT2D eigenvalue weighted by atomic mass is 9.95. The van der Waals surface area contributed by atoms with E-state index in [1.165, 1.54) is 24.3 Å². The van der Waals surface area contributed by atoms with Crippen LogP contribution >= 0.6 is 0 Å². The van der Waals surface area contributed by atoms with Crippen LogP contribution in [-0.4, -0.2) is 100 Å². The lowest BCUT2D eigenvalue weighted by Gasteiger charge is -2.40. The fraction of sp³-hybridized carbons (Fsp3) is 0.444. The van der Waals surface area contributed by atoms with E-state index in [1.807, 2.05) is 4.90 Å². The first-order valence-electron chi connectivity index (χ1n) is 16.7. The van der Waals surface area contributed by atoms with Crippen molar-refractivity contribution in [3.05, 3.63) is 47.7 Å². The maximum Gasteiger partial charge on any atom is 0.407 e. The van der Waals surface area contributed by atoms with Crippen LogP contribution in [0.1, 0.15) is 44.1 Å². The largest absolute Gasteiger partial charge is 0.468 e. The van der Waals surface area contributed by atoms with Gasteiger partial charge < -0.3 is 24.2 Å². The number of methoxy groups -OCH3 is 1. The van der Waals surface area contributed by atoms with Crippen molar-refractivity contribution >= 4 is 33.6 Å². The van der Waals surface area contributed by atoms with E-state index in [0.717, 1.165) is 51.6 Å². The van der Waals surface area contributed by atoms with E-state index in [0.29, 0.717) is 47.4 Å². The summed E-state index contributed by atoms with van der Waals surface area (Å²) in [4.78, 5) is 32.1. The first-order valence-corrected chi connectivity index (χ1v) is 16.7. The standard InChI is InChI=1S/C36H36F2N6O5/c1-3-25-28(37)9-6-21-14-24(49-20-47-2)15-26(29(21)25)31-30(38)32-27(16-39-31)33(42-17-22-7-8-23(18-42)44(22)35(45)46)41-34(40-32)48-19-36-10-4-12-43(36)13-5-11-36/h1,6,9,14-16,22-23H,4-5,7-8,10-13,17-20H2,2H3,(H,45,46)/t22-,23+. The fourth-order valence-corrected chi connectivity index (χ4v) is 8.51. The Morgan fingerprint density at radius 2 is 1.86 bits per heavy atom. The number of carbonyl (C=O) groups is 1. The Morgan fingerprint density at radius 3 is 2.55 bits per heavy atom. The Bertz CT molecular complexity index is 2000. The van der Waals surface area contributed by atoms with Crippen LogP contribution in [-0.2, 0) is 4.74 Å². The molecule has 1 amide bonds. The number of fused-ring (bicyclic) bond motifs is 5. The van der Waals surface area contributed by atoms with Crippen LogP contribution in [0.5, 0.6) is 11.8 Å². The van der Waals surface area contributed by atoms with Gasteiger partial charge in [-0.3, -0.25) is 14.8 Å². The monoisotopic (exact) mass is 670 g/mol. The molecule has 8 rings (SSSR count). The number of anilines is 1. The number of aromatic nitrogens is 3. The van der Waals surface area contributed by atoms with Crippen molar-refractivity contribution in [3.63, 3.8) is 0 Å². The Morgan fingerprint density at radius 1 is 1.10 bits per heavy atom. The number of nitrogens with zero attached hydrogens (tertiary/aromatic N) is 6. The molecule has 254 valence electrons. The Hall–Kier alpha value is -4.80. The molecule has 0 aliphatic carbocycles. The van der Waals surface area contributed by atoms with Gasteiger partial charge in [-0.15, -0.1) is 6.42 Å². The molecule has 0 spiro atoms. The third-order valence-electron chi connectivity index (χ3n) is 10.7. The van der Waals surface area contributed by atoms with Crippen molar-refractivity contribution in [2.24, 2.45) is 0 Å². The summed E-state index contributed by atoms with van der Waals surface area (Å²) in [6, 6.07) is 5.67. The van der Waals surface area contributed by atoms with Gasteiger partial charge in [0.15, 0.2) is 12.6 Å². The second-order valence-electron chi connectivity index (χ2n) is 13.4. The number of halogens is 2. The SMILES string of the molecule is C#Cc1c(F)ccc2cc(OCOC)cc(-c3ncc4c(N5C[C@H]6CC[C@@H](C5)N6C(=O)O)nc(OCC56CCCN5CCC6)nc4c3F)c12. The predicted molar refractivity (Wildman–Crippen MR) is 178 cm³/mol. The number of hydrogen-bond acceptors (Lipinski definition) is 9. The zero-order valence-electron chi connectivity index (χ0n) is 27.1. The molecule has 6 heterocycles. The first-order chi connectivity index (χ1) is 23.8. The number of ether oxygens (including phenoxy) is 3. The summed E-state index contributed by atoms with van der Waals surface area (Å²) in [5, 5.41) is 11.1. The smallest absolute Gasteiger partial charge is 0.407 e. The Kier molecular flexibility index (Phi) is 7.88. The van der Waals surface area contributed by atoms with E-state index in [4.69, 9.17) is 25.6 Å². The lowest BCUT2D eigenvalue weighted by molar-refractivity contribution is 0.0512. The maximum absolute atomic E-state index is 17.1. The minimum Gasteiger partial charge on any atom is -0.468 e. The van der Waals surface area contributed by atoms with Crippen molar-refractivity contribution in [2.45, 2.75) is 56.1 Å². The van der Waals surface area contributed by atoms with Gasteiger partial charge in [-0.2, -0.15) is 9.97 Å². The molecule has 4 aliphatic heterocycles. The second-order valence-corrected chi connectivity index (χ2v) is 13.4. The summed E-state index contributed by atoms with van der Waals surface area (Å²) in [6.07, 6.45) is 12.0. The van der Waals surface area contributed by atoms with Crippen molar-refractivity contribution < 1.29 is 32.9 Å². The lowest BCUT2D eigenvalue weighted by Crippen LogP contribution is -2.55. The number of amides is 1. The zero-order chi connectivity index (χ0) is 33.9. The van der Waals surface area contributed by atoms with E-state index in [1.54, 1.807) is 18.2 Å². The number of carboxylic acid groups (broad SMARTS) is 1. The van der Waals surface area contributed by atoms with Gasteiger partial charge in [-0.1, -0.05) is 12.0 Å². The summed E-state index contributed by atoms with van der Waals surface area (Å²) in [5.41, 5.74) is 0.00968. The highest BCUT2D eigenvalue weighted by atomic mass is 19.1. The summed E-state index contributed by atoms with van der Waals surface area (Å²) in [5.74, 6) is 1.84. The van der Waals surface area contributed by atoms with Gasteiger partial charge in [0, 0.05) is 37.3 Å². The number of hydrogen-bond donors (Lipinski definition) is 1. The van der Waals surface area contributed by atoms with E-state index in [9.17, 15) is 9.90 Å². The summed E-state index contributed by atoms with van der Waals surface area (Å²) in [7, 11) is 1.48. The molecule has 0 saturated carbocycles. The van der Waals surface area contributed by atoms with Crippen molar-refractivity contribution in [1.29, 1.82) is 0 Å². The average Bonchev–Trinajstić information content (AvgIpc) is 3.77.